The van der Waals surface area contributed by atoms with Gasteiger partial charge in [-0.25, -0.2) is 4.98 Å². The van der Waals surface area contributed by atoms with Gasteiger partial charge in [0.1, 0.15) is 5.75 Å². The second kappa shape index (κ2) is 7.67. The molecule has 1 heterocycles. The van der Waals surface area contributed by atoms with Crippen LogP contribution in [0, 0.1) is 0 Å². The minimum atomic E-state index is -1.04. The number of aromatic nitrogens is 2. The standard InChI is InChI=1S/C17H10Cl4N2O2/c18-10-1-3-12(13(20)7-10)16(24)17(23-6-5-22-9-23)25-15-4-2-11(19)8-14(15)21/h1-9,17H. The zero-order valence-corrected chi connectivity index (χ0v) is 15.5. The lowest BCUT2D eigenvalue weighted by molar-refractivity contribution is 0.0654. The number of hydrogen-bond acceptors (Lipinski definition) is 3. The van der Waals surface area contributed by atoms with Crippen LogP contribution >= 0.6 is 46.4 Å². The van der Waals surface area contributed by atoms with E-state index in [1.807, 2.05) is 0 Å². The third kappa shape index (κ3) is 4.10. The Morgan fingerprint density at radius 3 is 2.28 bits per heavy atom. The van der Waals surface area contributed by atoms with Crippen molar-refractivity contribution in [1.29, 1.82) is 0 Å². The van der Waals surface area contributed by atoms with Gasteiger partial charge in [0.15, 0.2) is 0 Å². The van der Waals surface area contributed by atoms with Gasteiger partial charge in [-0.2, -0.15) is 0 Å². The molecule has 0 aliphatic rings. The maximum absolute atomic E-state index is 13.0. The first kappa shape index (κ1) is 18.1. The lowest BCUT2D eigenvalue weighted by atomic mass is 10.1. The van der Waals surface area contributed by atoms with Crippen molar-refractivity contribution in [2.45, 2.75) is 6.23 Å². The number of nitrogens with zero attached hydrogens (tertiary/aromatic N) is 2. The number of rotatable bonds is 5. The van der Waals surface area contributed by atoms with Crippen LogP contribution in [0.5, 0.6) is 5.75 Å². The molecular weight excluding hydrogens is 406 g/mol. The highest BCUT2D eigenvalue weighted by Gasteiger charge is 2.26. The number of hydrogen-bond donors (Lipinski definition) is 0. The van der Waals surface area contributed by atoms with E-state index >= 15 is 0 Å². The molecule has 0 spiro atoms. The third-order valence-electron chi connectivity index (χ3n) is 3.35. The molecule has 0 radical (unpaired) electrons. The van der Waals surface area contributed by atoms with Gasteiger partial charge >= 0.3 is 0 Å². The minimum absolute atomic E-state index is 0.230. The average Bonchev–Trinajstić information content (AvgIpc) is 3.08. The van der Waals surface area contributed by atoms with E-state index in [9.17, 15) is 4.79 Å². The van der Waals surface area contributed by atoms with Gasteiger partial charge in [0.2, 0.25) is 12.0 Å². The summed E-state index contributed by atoms with van der Waals surface area (Å²) >= 11 is 24.1. The first-order chi connectivity index (χ1) is 12.0. The largest absolute Gasteiger partial charge is 0.461 e. The van der Waals surface area contributed by atoms with Gasteiger partial charge in [-0.1, -0.05) is 46.4 Å². The molecule has 8 heteroatoms. The van der Waals surface area contributed by atoms with E-state index in [1.165, 1.54) is 29.2 Å². The molecule has 3 rings (SSSR count). The van der Waals surface area contributed by atoms with Gasteiger partial charge in [0.05, 0.1) is 16.4 Å². The Bertz CT molecular complexity index is 913. The van der Waals surface area contributed by atoms with E-state index in [-0.39, 0.29) is 21.4 Å². The summed E-state index contributed by atoms with van der Waals surface area (Å²) in [6.07, 6.45) is 3.57. The number of Topliss-reactive ketones (excluding diaryl/α,β-unsaturated/α-hetero) is 1. The predicted octanol–water partition coefficient (Wildman–Crippen LogP) is 5.96. The van der Waals surface area contributed by atoms with Crippen molar-refractivity contribution in [2.75, 3.05) is 0 Å². The summed E-state index contributed by atoms with van der Waals surface area (Å²) in [4.78, 5) is 16.9. The molecule has 25 heavy (non-hydrogen) atoms. The molecule has 0 bridgehead atoms. The number of halogens is 4. The molecule has 128 valence electrons. The Hall–Kier alpha value is -1.72. The summed E-state index contributed by atoms with van der Waals surface area (Å²) in [6.45, 7) is 0. The molecule has 0 saturated heterocycles. The van der Waals surface area contributed by atoms with Crippen LogP contribution in [0.3, 0.4) is 0 Å². The lowest BCUT2D eigenvalue weighted by Crippen LogP contribution is -2.25. The highest BCUT2D eigenvalue weighted by Crippen LogP contribution is 2.32. The zero-order chi connectivity index (χ0) is 18.0. The SMILES string of the molecule is O=C(c1ccc(Cl)cc1Cl)C(Oc1ccc(Cl)cc1Cl)n1ccnc1. The molecule has 4 nitrogen and oxygen atoms in total. The third-order valence-corrected chi connectivity index (χ3v) is 4.43. The summed E-state index contributed by atoms with van der Waals surface area (Å²) < 4.78 is 7.35. The Balaban J connectivity index is 1.99. The smallest absolute Gasteiger partial charge is 0.241 e. The van der Waals surface area contributed by atoms with Crippen LogP contribution in [-0.4, -0.2) is 15.3 Å². The fourth-order valence-corrected chi connectivity index (χ4v) is 3.13. The molecule has 0 saturated carbocycles. The monoisotopic (exact) mass is 414 g/mol. The Labute approximate surface area is 163 Å². The molecule has 0 N–H and O–H groups in total. The van der Waals surface area contributed by atoms with Crippen molar-refractivity contribution in [3.63, 3.8) is 0 Å². The number of ether oxygens (including phenoxy) is 1. The van der Waals surface area contributed by atoms with Crippen molar-refractivity contribution in [1.82, 2.24) is 9.55 Å². The molecule has 0 amide bonds. The van der Waals surface area contributed by atoms with Crippen molar-refractivity contribution in [3.8, 4) is 5.75 Å². The summed E-state index contributed by atoms with van der Waals surface area (Å²) in [5, 5.41) is 1.41. The summed E-state index contributed by atoms with van der Waals surface area (Å²) in [7, 11) is 0. The van der Waals surface area contributed by atoms with E-state index in [4.69, 9.17) is 51.1 Å². The summed E-state index contributed by atoms with van der Waals surface area (Å²) in [6, 6.07) is 9.36. The van der Waals surface area contributed by atoms with Crippen LogP contribution in [0.1, 0.15) is 16.6 Å². The number of carbonyl (C=O) groups excluding carboxylic acids is 1. The van der Waals surface area contributed by atoms with Gasteiger partial charge in [-0.3, -0.25) is 9.36 Å². The fraction of sp³-hybridized carbons (Fsp3) is 0.0588. The number of imidazole rings is 1. The van der Waals surface area contributed by atoms with Crippen molar-refractivity contribution < 1.29 is 9.53 Å². The highest BCUT2D eigenvalue weighted by atomic mass is 35.5. The number of carbonyl (C=O) groups is 1. The summed E-state index contributed by atoms with van der Waals surface area (Å²) in [5.41, 5.74) is 0.273. The first-order valence-corrected chi connectivity index (χ1v) is 8.55. The molecule has 3 aromatic rings. The molecule has 0 fully saturated rings. The molecular formula is C17H10Cl4N2O2. The topological polar surface area (TPSA) is 44.1 Å². The molecule has 0 aliphatic carbocycles. The lowest BCUT2D eigenvalue weighted by Gasteiger charge is -2.20. The van der Waals surface area contributed by atoms with E-state index < -0.39 is 6.23 Å². The van der Waals surface area contributed by atoms with E-state index in [0.29, 0.717) is 15.8 Å². The zero-order valence-electron chi connectivity index (χ0n) is 12.5. The van der Waals surface area contributed by atoms with Gasteiger partial charge < -0.3 is 4.74 Å². The predicted molar refractivity (Wildman–Crippen MR) is 99.1 cm³/mol. The van der Waals surface area contributed by atoms with Crippen LogP contribution in [0.2, 0.25) is 20.1 Å². The van der Waals surface area contributed by atoms with Crippen LogP contribution < -0.4 is 4.74 Å². The Morgan fingerprint density at radius 2 is 1.68 bits per heavy atom. The molecule has 0 aliphatic heterocycles. The Morgan fingerprint density at radius 1 is 1.00 bits per heavy atom. The fourth-order valence-electron chi connectivity index (χ4n) is 2.17. The average molecular weight is 416 g/mol. The first-order valence-electron chi connectivity index (χ1n) is 7.04. The quantitative estimate of drug-likeness (QED) is 0.483. The second-order valence-corrected chi connectivity index (χ2v) is 6.73. The van der Waals surface area contributed by atoms with Gasteiger partial charge in [-0.15, -0.1) is 0 Å². The maximum atomic E-state index is 13.0. The van der Waals surface area contributed by atoms with Crippen LogP contribution in [-0.2, 0) is 0 Å². The van der Waals surface area contributed by atoms with Crippen LogP contribution in [0.25, 0.3) is 0 Å². The van der Waals surface area contributed by atoms with Crippen molar-refractivity contribution in [3.05, 3.63) is 80.8 Å². The van der Waals surface area contributed by atoms with E-state index in [2.05, 4.69) is 4.98 Å². The van der Waals surface area contributed by atoms with Crippen molar-refractivity contribution in [2.24, 2.45) is 0 Å². The van der Waals surface area contributed by atoms with E-state index in [1.54, 1.807) is 30.5 Å². The maximum Gasteiger partial charge on any atom is 0.241 e. The Kier molecular flexibility index (Phi) is 5.54. The van der Waals surface area contributed by atoms with Gasteiger partial charge in [0.25, 0.3) is 0 Å². The molecule has 1 unspecified atom stereocenters. The van der Waals surface area contributed by atoms with Gasteiger partial charge in [0, 0.05) is 28.0 Å². The van der Waals surface area contributed by atoms with Crippen LogP contribution in [0.15, 0.2) is 55.1 Å². The minimum Gasteiger partial charge on any atom is -0.461 e. The second-order valence-electron chi connectivity index (χ2n) is 5.04. The van der Waals surface area contributed by atoms with E-state index in [0.717, 1.165) is 0 Å². The normalized spacial score (nSPS) is 12.0. The van der Waals surface area contributed by atoms with Gasteiger partial charge in [-0.05, 0) is 36.4 Å². The summed E-state index contributed by atoms with van der Waals surface area (Å²) in [5.74, 6) is -0.0612. The van der Waals surface area contributed by atoms with Crippen LogP contribution in [0.4, 0.5) is 0 Å². The molecule has 1 atom stereocenters. The van der Waals surface area contributed by atoms with Crippen molar-refractivity contribution >= 4 is 52.2 Å². The molecule has 1 aromatic heterocycles. The highest BCUT2D eigenvalue weighted by molar-refractivity contribution is 6.37. The number of ketones is 1. The number of benzene rings is 2. The molecule has 2 aromatic carbocycles.